The van der Waals surface area contributed by atoms with Crippen molar-refractivity contribution in [2.45, 2.75) is 104 Å². The second-order valence-electron chi connectivity index (χ2n) is 18.8. The van der Waals surface area contributed by atoms with E-state index in [9.17, 15) is 19.2 Å². The normalized spacial score (nSPS) is 18.8. The lowest BCUT2D eigenvalue weighted by Gasteiger charge is -2.27. The number of hydroxylamine groups is 2. The zero-order valence-corrected chi connectivity index (χ0v) is 39.4. The second-order valence-corrected chi connectivity index (χ2v) is 18.8. The summed E-state index contributed by atoms with van der Waals surface area (Å²) >= 11 is 0. The van der Waals surface area contributed by atoms with E-state index in [1.807, 2.05) is 24.3 Å². The number of carbonyl (C=O) groups excluding carboxylic acids is 4. The lowest BCUT2D eigenvalue weighted by atomic mass is 9.78. The van der Waals surface area contributed by atoms with Gasteiger partial charge in [0.2, 0.25) is 11.6 Å². The molecule has 1 N–H and O–H groups in total. The summed E-state index contributed by atoms with van der Waals surface area (Å²) in [7, 11) is 0. The van der Waals surface area contributed by atoms with Gasteiger partial charge in [0, 0.05) is 72.4 Å². The predicted molar refractivity (Wildman–Crippen MR) is 265 cm³/mol. The molecule has 0 saturated carbocycles. The molecular weight excluding hydrogens is 837 g/mol. The number of ether oxygens (including phenoxy) is 1. The molecule has 0 atom stereocenters. The molecule has 10 nitrogen and oxygen atoms in total. The lowest BCUT2D eigenvalue weighted by molar-refractivity contribution is -0.433. The van der Waals surface area contributed by atoms with Crippen LogP contribution >= 0.6 is 0 Å². The number of imide groups is 1. The molecule has 67 heavy (non-hydrogen) atoms. The summed E-state index contributed by atoms with van der Waals surface area (Å²) < 4.78 is 9.41. The van der Waals surface area contributed by atoms with Gasteiger partial charge in [0.1, 0.15) is 18.1 Å². The molecule has 0 bridgehead atoms. The molecule has 5 aromatic carbocycles. The van der Waals surface area contributed by atoms with Crippen LogP contribution in [0.25, 0.3) is 21.5 Å². The Balaban J connectivity index is 1.01. The van der Waals surface area contributed by atoms with Gasteiger partial charge in [0.15, 0.2) is 5.71 Å². The van der Waals surface area contributed by atoms with Gasteiger partial charge in [-0.05, 0) is 140 Å². The van der Waals surface area contributed by atoms with E-state index in [0.29, 0.717) is 16.5 Å². The minimum Gasteiger partial charge on any atom is -0.457 e. The highest BCUT2D eigenvalue weighted by Gasteiger charge is 2.45. The number of carbonyl (C=O) groups is 4. The topological polar surface area (TPSA) is 108 Å². The van der Waals surface area contributed by atoms with Crippen molar-refractivity contribution < 1.29 is 33.3 Å². The fourth-order valence-electron chi connectivity index (χ4n) is 10.6. The number of fused-ring (bicyclic) bond motifs is 6. The standard InChI is InChI=1S/C57H58N4O6/c1-7-59-45-31-23-37-15-9-11-19-43(37)53(45)56(3,4)47(59)33-25-39-17-13-18-40(26-34-48-57(5,6)54-44-20-12-10-16-38(44)24-32-46(54)60(48)8-2)55(39)66-42-29-27-41(28-30-42)58-49(62)21-14-22-52(65)67-61-50(63)35-36-51(61)64/h9-12,15-16,19-20,23-34H,7-8,13-14,17-18,21-22,35-36H2,1-6H3/p+1. The first-order valence-electron chi connectivity index (χ1n) is 23.7. The first kappa shape index (κ1) is 45.1. The van der Waals surface area contributed by atoms with Crippen LogP contribution in [0.15, 0.2) is 144 Å². The summed E-state index contributed by atoms with van der Waals surface area (Å²) in [5.41, 5.74) is 10.1. The Hall–Kier alpha value is -7.07. The smallest absolute Gasteiger partial charge is 0.333 e. The molecule has 5 aromatic rings. The number of anilines is 2. The molecule has 0 spiro atoms. The molecule has 3 amide bonds. The van der Waals surface area contributed by atoms with E-state index in [2.05, 4.69) is 153 Å². The molecular formula is C57H59N4O6+. The Kier molecular flexibility index (Phi) is 12.3. The van der Waals surface area contributed by atoms with Gasteiger partial charge in [0.05, 0.1) is 5.41 Å². The molecule has 0 radical (unpaired) electrons. The van der Waals surface area contributed by atoms with Crippen molar-refractivity contribution in [3.63, 3.8) is 0 Å². The largest absolute Gasteiger partial charge is 0.457 e. The summed E-state index contributed by atoms with van der Waals surface area (Å²) in [5, 5.41) is 8.49. The van der Waals surface area contributed by atoms with Crippen LogP contribution in [-0.4, -0.2) is 52.1 Å². The third kappa shape index (κ3) is 8.50. The van der Waals surface area contributed by atoms with E-state index < -0.39 is 17.8 Å². The monoisotopic (exact) mass is 895 g/mol. The lowest BCUT2D eigenvalue weighted by Crippen LogP contribution is -2.32. The molecule has 9 rings (SSSR count). The van der Waals surface area contributed by atoms with E-state index >= 15 is 0 Å². The Morgan fingerprint density at radius 3 is 2.09 bits per heavy atom. The molecule has 3 heterocycles. The van der Waals surface area contributed by atoms with E-state index in [4.69, 9.17) is 9.57 Å². The zero-order valence-electron chi connectivity index (χ0n) is 39.4. The maximum absolute atomic E-state index is 12.9. The first-order valence-corrected chi connectivity index (χ1v) is 23.7. The van der Waals surface area contributed by atoms with Crippen molar-refractivity contribution >= 4 is 68.0 Å². The Bertz CT molecular complexity index is 2990. The van der Waals surface area contributed by atoms with Gasteiger partial charge in [0.25, 0.3) is 11.8 Å². The fourth-order valence-corrected chi connectivity index (χ4v) is 10.6. The summed E-state index contributed by atoms with van der Waals surface area (Å²) in [6.07, 6.45) is 12.0. The number of allylic oxidation sites excluding steroid dienone is 7. The van der Waals surface area contributed by atoms with Gasteiger partial charge in [-0.15, -0.1) is 5.06 Å². The molecule has 1 saturated heterocycles. The van der Waals surface area contributed by atoms with Crippen LogP contribution in [0.2, 0.25) is 0 Å². The molecule has 3 aliphatic heterocycles. The SMILES string of the molecule is CCN1/C(=C/C=C2\CCCC(/C=C/C3=[N+](CC)c4ccc5ccccc5c4C3(C)C)=C2Oc2ccc(NC(=O)CCCC(=O)ON3C(=O)CCC3=O)cc2)C(C)(C)c2c1ccc1ccccc21. The molecule has 0 unspecified atom stereocenters. The summed E-state index contributed by atoms with van der Waals surface area (Å²) in [4.78, 5) is 56.1. The van der Waals surface area contributed by atoms with E-state index in [0.717, 1.165) is 49.3 Å². The van der Waals surface area contributed by atoms with Gasteiger partial charge in [-0.2, -0.15) is 4.58 Å². The average Bonchev–Trinajstić information content (AvgIpc) is 3.85. The van der Waals surface area contributed by atoms with Crippen molar-refractivity contribution in [3.05, 3.63) is 155 Å². The summed E-state index contributed by atoms with van der Waals surface area (Å²) in [6.45, 7) is 15.4. The molecule has 342 valence electrons. The molecule has 1 aliphatic carbocycles. The van der Waals surface area contributed by atoms with Crippen LogP contribution in [-0.2, 0) is 34.8 Å². The van der Waals surface area contributed by atoms with E-state index in [-0.39, 0.29) is 48.8 Å². The number of nitrogens with zero attached hydrogens (tertiary/aromatic N) is 3. The highest BCUT2D eigenvalue weighted by atomic mass is 16.7. The number of likely N-dealkylation sites (N-methyl/N-ethyl adjacent to an activating group) is 1. The third-order valence-corrected chi connectivity index (χ3v) is 13.8. The number of rotatable bonds is 13. The number of hydrogen-bond acceptors (Lipinski definition) is 7. The Morgan fingerprint density at radius 1 is 0.731 bits per heavy atom. The van der Waals surface area contributed by atoms with Crippen LogP contribution in [0.5, 0.6) is 5.75 Å². The minimum atomic E-state index is -0.728. The fraction of sp³-hybridized carbons (Fsp3) is 0.316. The van der Waals surface area contributed by atoms with Crippen LogP contribution in [0, 0.1) is 0 Å². The maximum Gasteiger partial charge on any atom is 0.333 e. The van der Waals surface area contributed by atoms with Gasteiger partial charge >= 0.3 is 5.97 Å². The maximum atomic E-state index is 12.9. The van der Waals surface area contributed by atoms with Gasteiger partial charge in [-0.3, -0.25) is 14.4 Å². The van der Waals surface area contributed by atoms with Gasteiger partial charge in [-0.25, -0.2) is 4.79 Å². The van der Waals surface area contributed by atoms with Gasteiger partial charge < -0.3 is 19.8 Å². The number of nitrogens with one attached hydrogen (secondary N) is 1. The number of amides is 3. The van der Waals surface area contributed by atoms with Crippen LogP contribution in [0.1, 0.15) is 104 Å². The summed E-state index contributed by atoms with van der Waals surface area (Å²) in [6, 6.07) is 33.7. The molecule has 4 aliphatic rings. The molecule has 10 heteroatoms. The predicted octanol–water partition coefficient (Wildman–Crippen LogP) is 11.8. The van der Waals surface area contributed by atoms with Crippen molar-refractivity contribution in [2.75, 3.05) is 23.3 Å². The average molecular weight is 896 g/mol. The van der Waals surface area contributed by atoms with Gasteiger partial charge in [-0.1, -0.05) is 74.5 Å². The minimum absolute atomic E-state index is 0.0256. The van der Waals surface area contributed by atoms with Crippen LogP contribution in [0.4, 0.5) is 17.1 Å². The third-order valence-electron chi connectivity index (χ3n) is 13.8. The first-order chi connectivity index (χ1) is 32.3. The highest BCUT2D eigenvalue weighted by molar-refractivity contribution is 6.08. The number of hydrogen-bond donors (Lipinski definition) is 1. The number of benzene rings is 5. The van der Waals surface area contributed by atoms with Crippen molar-refractivity contribution in [1.82, 2.24) is 5.06 Å². The van der Waals surface area contributed by atoms with Crippen molar-refractivity contribution in [3.8, 4) is 5.75 Å². The zero-order chi connectivity index (χ0) is 47.0. The quantitative estimate of drug-likeness (QED) is 0.0926. The van der Waals surface area contributed by atoms with Crippen molar-refractivity contribution in [2.24, 2.45) is 0 Å². The van der Waals surface area contributed by atoms with Crippen LogP contribution < -0.4 is 15.0 Å². The second kappa shape index (κ2) is 18.3. The molecule has 0 aromatic heterocycles. The van der Waals surface area contributed by atoms with E-state index in [1.165, 1.54) is 55.5 Å². The molecule has 1 fully saturated rings. The van der Waals surface area contributed by atoms with Crippen LogP contribution in [0.3, 0.4) is 0 Å². The highest BCUT2D eigenvalue weighted by Crippen LogP contribution is 2.51. The Labute approximate surface area is 392 Å². The van der Waals surface area contributed by atoms with E-state index in [1.54, 1.807) is 0 Å². The summed E-state index contributed by atoms with van der Waals surface area (Å²) in [5.74, 6) is -0.587. The Morgan fingerprint density at radius 2 is 1.40 bits per heavy atom. The van der Waals surface area contributed by atoms with Crippen molar-refractivity contribution in [1.29, 1.82) is 0 Å².